The van der Waals surface area contributed by atoms with Crippen LogP contribution in [0, 0.1) is 6.92 Å². The van der Waals surface area contributed by atoms with E-state index in [-0.39, 0.29) is 40.4 Å². The Morgan fingerprint density at radius 1 is 1.19 bits per heavy atom. The molecule has 42 heavy (non-hydrogen) atoms. The van der Waals surface area contributed by atoms with E-state index in [0.717, 1.165) is 22.8 Å². The Kier molecular flexibility index (Phi) is 7.96. The Hall–Kier alpha value is -3.51. The quantitative estimate of drug-likeness (QED) is 0.320. The molecule has 3 heterocycles. The van der Waals surface area contributed by atoms with Crippen molar-refractivity contribution in [3.63, 3.8) is 0 Å². The van der Waals surface area contributed by atoms with Crippen molar-refractivity contribution >= 4 is 27.5 Å². The highest BCUT2D eigenvalue weighted by Gasteiger charge is 2.51. The van der Waals surface area contributed by atoms with Crippen LogP contribution in [-0.2, 0) is 25.8 Å². The van der Waals surface area contributed by atoms with E-state index in [4.69, 9.17) is 5.73 Å². The van der Waals surface area contributed by atoms with E-state index in [1.54, 1.807) is 0 Å². The van der Waals surface area contributed by atoms with Crippen LogP contribution in [0.4, 0.5) is 32.2 Å². The van der Waals surface area contributed by atoms with Crippen molar-refractivity contribution in [3.8, 4) is 11.3 Å². The highest BCUT2D eigenvalue weighted by Crippen LogP contribution is 2.37. The summed E-state index contributed by atoms with van der Waals surface area (Å²) in [4.78, 5) is 25.0. The first-order valence-electron chi connectivity index (χ1n) is 12.5. The van der Waals surface area contributed by atoms with Crippen molar-refractivity contribution < 1.29 is 44.4 Å². The lowest BCUT2D eigenvalue weighted by molar-refractivity contribution is -0.237. The molecule has 1 unspecified atom stereocenters. The zero-order valence-corrected chi connectivity index (χ0v) is 23.6. The largest absolute Gasteiger partial charge is 0.492 e. The number of rotatable bonds is 6. The third kappa shape index (κ3) is 5.87. The van der Waals surface area contributed by atoms with Gasteiger partial charge in [0.2, 0.25) is 0 Å². The highest BCUT2D eigenvalue weighted by molar-refractivity contribution is 7.89. The number of nitrogens with two attached hydrogens (primary N) is 1. The molecule has 0 bridgehead atoms. The molecule has 0 radical (unpaired) electrons. The lowest BCUT2D eigenvalue weighted by Crippen LogP contribution is -2.60. The summed E-state index contributed by atoms with van der Waals surface area (Å²) in [5.41, 5.74) is 4.09. The summed E-state index contributed by atoms with van der Waals surface area (Å²) in [5, 5.41) is 3.47. The normalized spacial score (nSPS) is 19.1. The van der Waals surface area contributed by atoms with Gasteiger partial charge in [0.05, 0.1) is 22.3 Å². The summed E-state index contributed by atoms with van der Waals surface area (Å²) in [5.74, 6) is -4.89. The van der Waals surface area contributed by atoms with Crippen LogP contribution in [0.3, 0.4) is 0 Å². The molecule has 1 atom stereocenters. The molecule has 1 fully saturated rings. The van der Waals surface area contributed by atoms with E-state index in [1.807, 2.05) is 18.7 Å². The summed E-state index contributed by atoms with van der Waals surface area (Å²) in [6.45, 7) is 7.05. The van der Waals surface area contributed by atoms with Gasteiger partial charge in [0, 0.05) is 18.2 Å². The Bertz CT molecular complexity index is 1620. The average molecular weight is 624 g/mol. The number of nitrogen functional groups attached to an aromatic ring is 1. The molecule has 2 N–H and O–H groups in total. The van der Waals surface area contributed by atoms with Crippen LogP contribution >= 0.6 is 0 Å². The molecule has 0 aliphatic carbocycles. The number of halogens is 6. The van der Waals surface area contributed by atoms with Gasteiger partial charge in [-0.2, -0.15) is 26.3 Å². The molecule has 18 heteroatoms. The molecule has 11 nitrogen and oxygen atoms in total. The number of anilines is 1. The van der Waals surface area contributed by atoms with Crippen molar-refractivity contribution in [2.75, 3.05) is 18.8 Å². The van der Waals surface area contributed by atoms with E-state index < -0.39 is 50.4 Å². The molecular weight excluding hydrogens is 596 g/mol. The number of hydrogen-bond acceptors (Lipinski definition) is 9. The number of likely N-dealkylation sites (tertiary alicyclic amines) is 1. The van der Waals surface area contributed by atoms with E-state index in [2.05, 4.69) is 19.9 Å². The number of carbonyl (C=O) groups is 1. The van der Waals surface area contributed by atoms with Gasteiger partial charge in [0.1, 0.15) is 0 Å². The number of piperidine rings is 1. The number of hydrogen-bond donors (Lipinski definition) is 1. The number of benzene rings is 1. The van der Waals surface area contributed by atoms with Crippen LogP contribution in [0.15, 0.2) is 29.3 Å². The van der Waals surface area contributed by atoms with Crippen LogP contribution in [0.25, 0.3) is 16.9 Å². The van der Waals surface area contributed by atoms with Crippen LogP contribution in [-0.4, -0.2) is 74.2 Å². The summed E-state index contributed by atoms with van der Waals surface area (Å²) >= 11 is 0. The molecule has 1 aliphatic heterocycles. The van der Waals surface area contributed by atoms with Crippen molar-refractivity contribution in [1.82, 2.24) is 29.0 Å². The second-order valence-electron chi connectivity index (χ2n) is 10.4. The fourth-order valence-corrected chi connectivity index (χ4v) is 6.36. The molecule has 1 aromatic carbocycles. The lowest BCUT2D eigenvalue weighted by atomic mass is 9.91. The zero-order valence-electron chi connectivity index (χ0n) is 22.8. The van der Waals surface area contributed by atoms with Gasteiger partial charge in [-0.05, 0) is 69.2 Å². The molecule has 230 valence electrons. The van der Waals surface area contributed by atoms with Crippen molar-refractivity contribution in [2.45, 2.75) is 69.4 Å². The fraction of sp³-hybridized carbons (Fsp3) is 0.500. The van der Waals surface area contributed by atoms with Gasteiger partial charge >= 0.3 is 18.3 Å². The Morgan fingerprint density at radius 2 is 1.86 bits per heavy atom. The Balaban J connectivity index is 1.87. The minimum absolute atomic E-state index is 0.0227. The minimum Gasteiger partial charge on any atom is -0.380 e. The van der Waals surface area contributed by atoms with Crippen LogP contribution in [0.2, 0.25) is 0 Å². The van der Waals surface area contributed by atoms with Gasteiger partial charge in [-0.25, -0.2) is 27.7 Å². The SMILES string of the molecule is Cc1ccc(S(=O)(=O)N(OC(=O)C(F)(F)F)C2(C)CCCN(C(C)C)C2)cc1-c1cnc2c(N)nc(C(F)(F)F)nn12. The number of imidazole rings is 1. The summed E-state index contributed by atoms with van der Waals surface area (Å²) in [6, 6.07) is 3.32. The summed E-state index contributed by atoms with van der Waals surface area (Å²) in [7, 11) is -4.99. The second kappa shape index (κ2) is 10.6. The van der Waals surface area contributed by atoms with Crippen molar-refractivity contribution in [1.29, 1.82) is 0 Å². The second-order valence-corrected chi connectivity index (χ2v) is 12.2. The minimum atomic E-state index is -5.50. The zero-order chi connectivity index (χ0) is 31.4. The number of sulfonamides is 1. The van der Waals surface area contributed by atoms with Gasteiger partial charge in [-0.3, -0.25) is 4.90 Å². The first-order chi connectivity index (χ1) is 19.3. The van der Waals surface area contributed by atoms with E-state index in [9.17, 15) is 39.6 Å². The number of aryl methyl sites for hydroxylation is 1. The van der Waals surface area contributed by atoms with Crippen LogP contribution in [0.1, 0.15) is 45.0 Å². The van der Waals surface area contributed by atoms with E-state index in [1.165, 1.54) is 19.9 Å². The van der Waals surface area contributed by atoms with Crippen molar-refractivity contribution in [2.24, 2.45) is 0 Å². The van der Waals surface area contributed by atoms with Gasteiger partial charge in [0.15, 0.2) is 11.5 Å². The predicted octanol–water partition coefficient (Wildman–Crippen LogP) is 3.97. The van der Waals surface area contributed by atoms with Crippen LogP contribution in [0.5, 0.6) is 0 Å². The van der Waals surface area contributed by atoms with Gasteiger partial charge in [0.25, 0.3) is 15.8 Å². The number of carbonyl (C=O) groups excluding carboxylic acids is 1. The highest BCUT2D eigenvalue weighted by atomic mass is 32.2. The Morgan fingerprint density at radius 3 is 2.45 bits per heavy atom. The van der Waals surface area contributed by atoms with Crippen molar-refractivity contribution in [3.05, 3.63) is 35.8 Å². The smallest absolute Gasteiger partial charge is 0.380 e. The number of alkyl halides is 6. The third-order valence-electron chi connectivity index (χ3n) is 6.92. The fourth-order valence-electron chi connectivity index (χ4n) is 4.76. The maximum Gasteiger partial charge on any atom is 0.492 e. The van der Waals surface area contributed by atoms with Crippen LogP contribution < -0.4 is 5.73 Å². The summed E-state index contributed by atoms with van der Waals surface area (Å²) < 4.78 is 109. The molecule has 0 saturated carbocycles. The number of aromatic nitrogens is 4. The first-order valence-corrected chi connectivity index (χ1v) is 14.0. The number of fused-ring (bicyclic) bond motifs is 1. The maximum atomic E-state index is 14.0. The molecular formula is C24H27F6N7O4S. The monoisotopic (exact) mass is 623 g/mol. The maximum absolute atomic E-state index is 14.0. The first kappa shape index (κ1) is 31.4. The molecule has 0 spiro atoms. The third-order valence-corrected chi connectivity index (χ3v) is 8.72. The van der Waals surface area contributed by atoms with E-state index in [0.29, 0.717) is 18.5 Å². The molecule has 3 aromatic rings. The molecule has 2 aromatic heterocycles. The number of hydroxylamine groups is 1. The molecule has 1 saturated heterocycles. The van der Waals surface area contributed by atoms with Gasteiger partial charge in [-0.1, -0.05) is 6.07 Å². The lowest BCUT2D eigenvalue weighted by Gasteiger charge is -2.46. The molecule has 4 rings (SSSR count). The topological polar surface area (TPSA) is 136 Å². The predicted molar refractivity (Wildman–Crippen MR) is 136 cm³/mol. The summed E-state index contributed by atoms with van der Waals surface area (Å²) in [6.07, 6.45) is -8.89. The molecule has 0 amide bonds. The Labute approximate surface area is 236 Å². The van der Waals surface area contributed by atoms with Gasteiger partial charge < -0.3 is 10.6 Å². The molecule has 1 aliphatic rings. The number of nitrogens with zero attached hydrogens (tertiary/aromatic N) is 6. The van der Waals surface area contributed by atoms with Gasteiger partial charge in [-0.15, -0.1) is 5.10 Å². The van der Waals surface area contributed by atoms with E-state index >= 15 is 0 Å². The standard InChI is InChI=1S/C24H27F6N7O4S/c1-13(2)35-9-5-8-22(4,12-35)37(41-21(38)24(28,29)30)42(39,40)15-7-6-14(3)16(10-15)17-11-32-19-18(31)33-20(23(25,26)27)34-36(17)19/h6-7,10-11,13H,5,8-9,12H2,1-4H3,(H2,31,33,34). The average Bonchev–Trinajstić information content (AvgIpc) is 3.30.